The number of ether oxygens (including phenoxy) is 1. The smallest absolute Gasteiger partial charge is 0.235 e. The zero-order valence-electron chi connectivity index (χ0n) is 8.77. The van der Waals surface area contributed by atoms with E-state index in [-0.39, 0.29) is 6.10 Å². The summed E-state index contributed by atoms with van der Waals surface area (Å²) in [6, 6.07) is -0.242. The molecule has 0 saturated carbocycles. The molecule has 3 unspecified atom stereocenters. The van der Waals surface area contributed by atoms with E-state index in [1.54, 1.807) is 0 Å². The Morgan fingerprint density at radius 2 is 2.36 bits per heavy atom. The molecule has 0 aromatic carbocycles. The van der Waals surface area contributed by atoms with Crippen LogP contribution in [0.15, 0.2) is 0 Å². The summed E-state index contributed by atoms with van der Waals surface area (Å²) in [6.45, 7) is 3.31. The quantitative estimate of drug-likeness (QED) is 0.605. The first kappa shape index (κ1) is 11.4. The molecular weight excluding hydrogens is 182 g/mol. The fourth-order valence-electron chi connectivity index (χ4n) is 1.83. The summed E-state index contributed by atoms with van der Waals surface area (Å²) < 4.78 is 5.43. The third kappa shape index (κ3) is 2.67. The standard InChI is InChI=1S/C9H19N3O2/c1-6-8(3-4-14-6)12(2)5-7(10)9(11)13/h6-8H,3-5,10H2,1-2H3,(H2,11,13). The second-order valence-electron chi connectivity index (χ2n) is 3.88. The van der Waals surface area contributed by atoms with E-state index in [9.17, 15) is 4.79 Å². The molecule has 1 fully saturated rings. The van der Waals surface area contributed by atoms with Crippen LogP contribution in [-0.2, 0) is 9.53 Å². The van der Waals surface area contributed by atoms with Gasteiger partial charge in [0.1, 0.15) is 0 Å². The van der Waals surface area contributed by atoms with Crippen LogP contribution in [0.3, 0.4) is 0 Å². The third-order valence-electron chi connectivity index (χ3n) is 2.75. The molecule has 1 heterocycles. The minimum Gasteiger partial charge on any atom is -0.377 e. The van der Waals surface area contributed by atoms with Gasteiger partial charge in [0.25, 0.3) is 0 Å². The van der Waals surface area contributed by atoms with Gasteiger partial charge in [-0.25, -0.2) is 0 Å². The monoisotopic (exact) mass is 201 g/mol. The molecule has 5 heteroatoms. The summed E-state index contributed by atoms with van der Waals surface area (Å²) in [5.74, 6) is -0.455. The molecule has 82 valence electrons. The van der Waals surface area contributed by atoms with Crippen LogP contribution in [-0.4, -0.2) is 49.2 Å². The highest BCUT2D eigenvalue weighted by atomic mass is 16.5. The van der Waals surface area contributed by atoms with Crippen LogP contribution < -0.4 is 11.5 Å². The van der Waals surface area contributed by atoms with E-state index < -0.39 is 11.9 Å². The average Bonchev–Trinajstić information content (AvgIpc) is 2.51. The second-order valence-corrected chi connectivity index (χ2v) is 3.88. The fourth-order valence-corrected chi connectivity index (χ4v) is 1.83. The van der Waals surface area contributed by atoms with Crippen LogP contribution in [0, 0.1) is 0 Å². The lowest BCUT2D eigenvalue weighted by molar-refractivity contribution is -0.119. The van der Waals surface area contributed by atoms with Crippen LogP contribution in [0.5, 0.6) is 0 Å². The highest BCUT2D eigenvalue weighted by Crippen LogP contribution is 2.17. The number of carbonyl (C=O) groups excluding carboxylic acids is 1. The topological polar surface area (TPSA) is 81.6 Å². The van der Waals surface area contributed by atoms with Gasteiger partial charge in [-0.15, -0.1) is 0 Å². The van der Waals surface area contributed by atoms with Crippen molar-refractivity contribution in [3.63, 3.8) is 0 Å². The highest BCUT2D eigenvalue weighted by Gasteiger charge is 2.29. The van der Waals surface area contributed by atoms with Crippen molar-refractivity contribution in [3.05, 3.63) is 0 Å². The number of primary amides is 1. The van der Waals surface area contributed by atoms with E-state index in [0.717, 1.165) is 13.0 Å². The number of rotatable bonds is 4. The van der Waals surface area contributed by atoms with E-state index in [1.165, 1.54) is 0 Å². The van der Waals surface area contributed by atoms with Crippen LogP contribution in [0.4, 0.5) is 0 Å². The van der Waals surface area contributed by atoms with Crippen LogP contribution >= 0.6 is 0 Å². The molecule has 3 atom stereocenters. The van der Waals surface area contributed by atoms with E-state index in [0.29, 0.717) is 12.6 Å². The fraction of sp³-hybridized carbons (Fsp3) is 0.889. The first-order valence-electron chi connectivity index (χ1n) is 4.89. The molecule has 0 aromatic rings. The Morgan fingerprint density at radius 1 is 1.71 bits per heavy atom. The first-order valence-corrected chi connectivity index (χ1v) is 4.89. The average molecular weight is 201 g/mol. The van der Waals surface area contributed by atoms with Gasteiger partial charge in [-0.3, -0.25) is 9.69 Å². The molecule has 14 heavy (non-hydrogen) atoms. The molecular formula is C9H19N3O2. The minimum absolute atomic E-state index is 0.208. The van der Waals surface area contributed by atoms with Crippen molar-refractivity contribution in [3.8, 4) is 0 Å². The predicted octanol–water partition coefficient (Wildman–Crippen LogP) is -1.09. The van der Waals surface area contributed by atoms with E-state index in [1.807, 2.05) is 18.9 Å². The molecule has 0 spiro atoms. The number of amides is 1. The molecule has 1 rings (SSSR count). The normalized spacial score (nSPS) is 29.4. The Balaban J connectivity index is 2.41. The van der Waals surface area contributed by atoms with Crippen molar-refractivity contribution in [1.82, 2.24) is 4.90 Å². The summed E-state index contributed by atoms with van der Waals surface area (Å²) in [4.78, 5) is 12.8. The summed E-state index contributed by atoms with van der Waals surface area (Å²) in [7, 11) is 1.94. The highest BCUT2D eigenvalue weighted by molar-refractivity contribution is 5.79. The molecule has 5 nitrogen and oxygen atoms in total. The van der Waals surface area contributed by atoms with Crippen molar-refractivity contribution in [2.45, 2.75) is 31.5 Å². The van der Waals surface area contributed by atoms with E-state index in [2.05, 4.69) is 0 Å². The number of nitrogens with zero attached hydrogens (tertiary/aromatic N) is 1. The molecule has 1 aliphatic heterocycles. The van der Waals surface area contributed by atoms with Gasteiger partial charge in [0.05, 0.1) is 12.1 Å². The number of likely N-dealkylation sites (N-methyl/N-ethyl adjacent to an activating group) is 1. The maximum atomic E-state index is 10.8. The van der Waals surface area contributed by atoms with Crippen molar-refractivity contribution < 1.29 is 9.53 Å². The van der Waals surface area contributed by atoms with Gasteiger partial charge < -0.3 is 16.2 Å². The number of nitrogens with two attached hydrogens (primary N) is 2. The van der Waals surface area contributed by atoms with E-state index in [4.69, 9.17) is 16.2 Å². The molecule has 0 aliphatic carbocycles. The molecule has 1 aliphatic rings. The Labute approximate surface area is 84.4 Å². The zero-order valence-corrected chi connectivity index (χ0v) is 8.77. The Hall–Kier alpha value is -0.650. The molecule has 1 saturated heterocycles. The van der Waals surface area contributed by atoms with Crippen LogP contribution in [0.1, 0.15) is 13.3 Å². The van der Waals surface area contributed by atoms with Crippen molar-refractivity contribution in [1.29, 1.82) is 0 Å². The summed E-state index contributed by atoms with van der Waals surface area (Å²) in [5, 5.41) is 0. The lowest BCUT2D eigenvalue weighted by Gasteiger charge is -2.27. The van der Waals surface area contributed by atoms with E-state index >= 15 is 0 Å². The molecule has 0 bridgehead atoms. The Kier molecular flexibility index (Phi) is 3.86. The molecule has 1 amide bonds. The van der Waals surface area contributed by atoms with Crippen LogP contribution in [0.25, 0.3) is 0 Å². The van der Waals surface area contributed by atoms with Crippen molar-refractivity contribution in [2.75, 3.05) is 20.2 Å². The van der Waals surface area contributed by atoms with Gasteiger partial charge in [-0.05, 0) is 20.4 Å². The zero-order chi connectivity index (χ0) is 10.7. The van der Waals surface area contributed by atoms with Gasteiger partial charge in [0.2, 0.25) is 5.91 Å². The molecule has 4 N–H and O–H groups in total. The molecule has 0 radical (unpaired) electrons. The van der Waals surface area contributed by atoms with Gasteiger partial charge in [-0.2, -0.15) is 0 Å². The summed E-state index contributed by atoms with van der Waals surface area (Å²) >= 11 is 0. The number of carbonyl (C=O) groups is 1. The number of hydrogen-bond donors (Lipinski definition) is 2. The number of hydrogen-bond acceptors (Lipinski definition) is 4. The minimum atomic E-state index is -0.590. The van der Waals surface area contributed by atoms with Crippen molar-refractivity contribution in [2.24, 2.45) is 11.5 Å². The van der Waals surface area contributed by atoms with Crippen molar-refractivity contribution >= 4 is 5.91 Å². The third-order valence-corrected chi connectivity index (χ3v) is 2.75. The summed E-state index contributed by atoms with van der Waals surface area (Å²) in [6.07, 6.45) is 1.20. The SMILES string of the molecule is CC1OCCC1N(C)CC(N)C(N)=O. The van der Waals surface area contributed by atoms with Gasteiger partial charge >= 0.3 is 0 Å². The largest absolute Gasteiger partial charge is 0.377 e. The van der Waals surface area contributed by atoms with Crippen LogP contribution in [0.2, 0.25) is 0 Å². The first-order chi connectivity index (χ1) is 6.52. The lowest BCUT2D eigenvalue weighted by atomic mass is 10.1. The summed E-state index contributed by atoms with van der Waals surface area (Å²) in [5.41, 5.74) is 10.7. The van der Waals surface area contributed by atoms with Gasteiger partial charge in [-0.1, -0.05) is 0 Å². The maximum Gasteiger partial charge on any atom is 0.235 e. The Bertz CT molecular complexity index is 210. The second kappa shape index (κ2) is 4.72. The molecule has 0 aromatic heterocycles. The van der Waals surface area contributed by atoms with Gasteiger partial charge in [0, 0.05) is 19.2 Å². The lowest BCUT2D eigenvalue weighted by Crippen LogP contribution is -2.49. The Morgan fingerprint density at radius 3 is 2.79 bits per heavy atom. The predicted molar refractivity (Wildman–Crippen MR) is 53.6 cm³/mol. The van der Waals surface area contributed by atoms with Gasteiger partial charge in [0.15, 0.2) is 0 Å². The maximum absolute atomic E-state index is 10.8.